The molecule has 0 aromatic carbocycles. The quantitative estimate of drug-likeness (QED) is 0.501. The van der Waals surface area contributed by atoms with E-state index in [0.717, 1.165) is 26.2 Å². The molecule has 3 nitrogen and oxygen atoms in total. The van der Waals surface area contributed by atoms with Crippen LogP contribution < -0.4 is 0 Å². The molecule has 0 fully saturated rings. The van der Waals surface area contributed by atoms with E-state index in [4.69, 9.17) is 4.74 Å². The van der Waals surface area contributed by atoms with Gasteiger partial charge in [0.2, 0.25) is 0 Å². The van der Waals surface area contributed by atoms with Crippen molar-refractivity contribution in [2.45, 2.75) is 79.7 Å². The summed E-state index contributed by atoms with van der Waals surface area (Å²) in [5.41, 5.74) is 0. The van der Waals surface area contributed by atoms with Gasteiger partial charge < -0.3 is 4.74 Å². The summed E-state index contributed by atoms with van der Waals surface area (Å²) in [6, 6.07) is 0. The van der Waals surface area contributed by atoms with E-state index in [1.807, 2.05) is 0 Å². The van der Waals surface area contributed by atoms with Crippen LogP contribution in [0.4, 0.5) is 0 Å². The molecule has 2 unspecified atom stereocenters. The Labute approximate surface area is 121 Å². The van der Waals surface area contributed by atoms with Gasteiger partial charge in [-0.15, -0.1) is 0 Å². The van der Waals surface area contributed by atoms with E-state index < -0.39 is 0 Å². The Kier molecular flexibility index (Phi) is 11.6. The summed E-state index contributed by atoms with van der Waals surface area (Å²) in [6.45, 7) is 17.8. The van der Waals surface area contributed by atoms with Gasteiger partial charge in [-0.1, -0.05) is 27.7 Å². The molecule has 116 valence electrons. The van der Waals surface area contributed by atoms with E-state index >= 15 is 0 Å². The molecular weight excluding hydrogens is 236 g/mol. The van der Waals surface area contributed by atoms with Crippen LogP contribution in [-0.4, -0.2) is 48.4 Å². The Morgan fingerprint density at radius 3 is 1.11 bits per heavy atom. The van der Waals surface area contributed by atoms with Crippen LogP contribution in [0.25, 0.3) is 0 Å². The van der Waals surface area contributed by atoms with Gasteiger partial charge in [0.15, 0.2) is 0 Å². The van der Waals surface area contributed by atoms with Crippen molar-refractivity contribution in [1.29, 1.82) is 0 Å². The molecule has 2 atom stereocenters. The molecule has 0 aliphatic rings. The first-order valence-corrected chi connectivity index (χ1v) is 8.24. The second kappa shape index (κ2) is 11.7. The molecule has 0 saturated carbocycles. The second-order valence-electron chi connectivity index (χ2n) is 5.41. The van der Waals surface area contributed by atoms with Gasteiger partial charge in [-0.05, 0) is 39.5 Å². The van der Waals surface area contributed by atoms with Crippen LogP contribution in [0.15, 0.2) is 0 Å². The van der Waals surface area contributed by atoms with Gasteiger partial charge in [0.05, 0.1) is 0 Å². The summed E-state index contributed by atoms with van der Waals surface area (Å²) in [5.74, 6) is 0. The Bertz CT molecular complexity index is 167. The van der Waals surface area contributed by atoms with E-state index in [2.05, 4.69) is 51.3 Å². The largest absolute Gasteiger partial charge is 0.345 e. The van der Waals surface area contributed by atoms with Crippen molar-refractivity contribution in [2.24, 2.45) is 0 Å². The smallest absolute Gasteiger partial charge is 0.109 e. The molecule has 0 aromatic heterocycles. The molecule has 0 N–H and O–H groups in total. The first-order valence-electron chi connectivity index (χ1n) is 8.24. The molecule has 19 heavy (non-hydrogen) atoms. The number of ether oxygens (including phenoxy) is 1. The van der Waals surface area contributed by atoms with Crippen LogP contribution in [-0.2, 0) is 4.74 Å². The Morgan fingerprint density at radius 1 is 0.632 bits per heavy atom. The Hall–Kier alpha value is -0.120. The minimum atomic E-state index is 0.214. The van der Waals surface area contributed by atoms with Gasteiger partial charge >= 0.3 is 0 Å². The van der Waals surface area contributed by atoms with E-state index in [1.165, 1.54) is 25.7 Å². The van der Waals surface area contributed by atoms with Crippen molar-refractivity contribution >= 4 is 0 Å². The predicted octanol–water partition coefficient (Wildman–Crippen LogP) is 3.94. The standard InChI is InChI=1S/C16H36N2O/c1-7-11-17(12-8-2)15(5)19-16(6)18(13-9-3)14-10-4/h15-16H,7-14H2,1-6H3. The number of hydrogen-bond donors (Lipinski definition) is 0. The maximum atomic E-state index is 6.24. The fraction of sp³-hybridized carbons (Fsp3) is 1.00. The number of hydrogen-bond acceptors (Lipinski definition) is 3. The van der Waals surface area contributed by atoms with E-state index in [0.29, 0.717) is 0 Å². The van der Waals surface area contributed by atoms with E-state index in [-0.39, 0.29) is 12.5 Å². The maximum absolute atomic E-state index is 6.24. The molecule has 0 aliphatic heterocycles. The van der Waals surface area contributed by atoms with Crippen molar-refractivity contribution in [3.8, 4) is 0 Å². The molecule has 3 heteroatoms. The average Bonchev–Trinajstić information content (AvgIpc) is 2.38. The topological polar surface area (TPSA) is 15.7 Å². The molecule has 0 spiro atoms. The van der Waals surface area contributed by atoms with Gasteiger partial charge in [-0.2, -0.15) is 0 Å². The van der Waals surface area contributed by atoms with Crippen LogP contribution >= 0.6 is 0 Å². The highest BCUT2D eigenvalue weighted by Crippen LogP contribution is 2.11. The lowest BCUT2D eigenvalue weighted by molar-refractivity contribution is -0.139. The summed E-state index contributed by atoms with van der Waals surface area (Å²) < 4.78 is 6.24. The monoisotopic (exact) mass is 272 g/mol. The van der Waals surface area contributed by atoms with Crippen molar-refractivity contribution < 1.29 is 4.74 Å². The lowest BCUT2D eigenvalue weighted by atomic mass is 10.3. The van der Waals surface area contributed by atoms with Gasteiger partial charge in [0.1, 0.15) is 12.5 Å². The van der Waals surface area contributed by atoms with Crippen LogP contribution in [0.5, 0.6) is 0 Å². The first-order chi connectivity index (χ1) is 9.10. The van der Waals surface area contributed by atoms with Crippen LogP contribution in [0, 0.1) is 0 Å². The lowest BCUT2D eigenvalue weighted by Crippen LogP contribution is -2.44. The minimum absolute atomic E-state index is 0.214. The lowest BCUT2D eigenvalue weighted by Gasteiger charge is -2.35. The summed E-state index contributed by atoms with van der Waals surface area (Å²) in [7, 11) is 0. The zero-order chi connectivity index (χ0) is 14.7. The zero-order valence-corrected chi connectivity index (χ0v) is 14.1. The van der Waals surface area contributed by atoms with Gasteiger partial charge in [-0.25, -0.2) is 0 Å². The number of rotatable bonds is 12. The molecule has 0 bridgehead atoms. The summed E-state index contributed by atoms with van der Waals surface area (Å²) >= 11 is 0. The van der Waals surface area contributed by atoms with Crippen molar-refractivity contribution in [3.63, 3.8) is 0 Å². The normalized spacial score (nSPS) is 15.2. The molecule has 0 amide bonds. The fourth-order valence-electron chi connectivity index (χ4n) is 2.56. The molecule has 0 heterocycles. The third kappa shape index (κ3) is 7.91. The summed E-state index contributed by atoms with van der Waals surface area (Å²) in [4.78, 5) is 4.90. The van der Waals surface area contributed by atoms with Crippen LogP contribution in [0.1, 0.15) is 67.2 Å². The molecule has 0 radical (unpaired) electrons. The highest BCUT2D eigenvalue weighted by atomic mass is 16.5. The SMILES string of the molecule is CCCN(CCC)C(C)OC(C)N(CCC)CCC. The van der Waals surface area contributed by atoms with Gasteiger partial charge in [0, 0.05) is 26.2 Å². The van der Waals surface area contributed by atoms with Gasteiger partial charge in [-0.3, -0.25) is 9.80 Å². The second-order valence-corrected chi connectivity index (χ2v) is 5.41. The van der Waals surface area contributed by atoms with Crippen molar-refractivity contribution in [1.82, 2.24) is 9.80 Å². The van der Waals surface area contributed by atoms with E-state index in [9.17, 15) is 0 Å². The van der Waals surface area contributed by atoms with Crippen molar-refractivity contribution in [3.05, 3.63) is 0 Å². The molecule has 0 aliphatic carbocycles. The Balaban J connectivity index is 4.34. The predicted molar refractivity (Wildman–Crippen MR) is 84.3 cm³/mol. The average molecular weight is 272 g/mol. The zero-order valence-electron chi connectivity index (χ0n) is 14.1. The van der Waals surface area contributed by atoms with Crippen LogP contribution in [0.3, 0.4) is 0 Å². The molecular formula is C16H36N2O. The summed E-state index contributed by atoms with van der Waals surface area (Å²) in [5, 5.41) is 0. The highest BCUT2D eigenvalue weighted by molar-refractivity contribution is 4.63. The first kappa shape index (κ1) is 18.9. The van der Waals surface area contributed by atoms with Gasteiger partial charge in [0.25, 0.3) is 0 Å². The minimum Gasteiger partial charge on any atom is -0.345 e. The molecule has 0 aromatic rings. The highest BCUT2D eigenvalue weighted by Gasteiger charge is 2.19. The van der Waals surface area contributed by atoms with Crippen LogP contribution in [0.2, 0.25) is 0 Å². The van der Waals surface area contributed by atoms with Crippen molar-refractivity contribution in [2.75, 3.05) is 26.2 Å². The number of nitrogens with zero attached hydrogens (tertiary/aromatic N) is 2. The maximum Gasteiger partial charge on any atom is 0.109 e. The Morgan fingerprint density at radius 2 is 0.895 bits per heavy atom. The summed E-state index contributed by atoms with van der Waals surface area (Å²) in [6.07, 6.45) is 5.19. The molecule has 0 rings (SSSR count). The fourth-order valence-corrected chi connectivity index (χ4v) is 2.56. The molecule has 0 saturated heterocycles. The third-order valence-corrected chi connectivity index (χ3v) is 3.47. The third-order valence-electron chi connectivity index (χ3n) is 3.47. The van der Waals surface area contributed by atoms with E-state index in [1.54, 1.807) is 0 Å².